The molecule has 0 saturated heterocycles. The molecule has 0 saturated carbocycles. The Kier molecular flexibility index (Phi) is 6.39. The molecular weight excluding hydrogens is 538 g/mol. The Morgan fingerprint density at radius 1 is 0.421 bits per heavy atom. The van der Waals surface area contributed by atoms with Gasteiger partial charge in [0.15, 0.2) is 0 Å². The highest BCUT2D eigenvalue weighted by Gasteiger charge is 2.48. The third-order valence-corrected chi connectivity index (χ3v) is 8.20. The Balaban J connectivity index is 1.84. The maximum Gasteiger partial charge on any atom is 0.126 e. The quantitative estimate of drug-likeness (QED) is 0.187. The van der Waals surface area contributed by atoms with Crippen LogP contribution in [-0.2, 0) is 4.32 Å². The lowest BCUT2D eigenvalue weighted by molar-refractivity contribution is 0.579. The monoisotopic (exact) mass is 560 g/mol. The Morgan fingerprint density at radius 2 is 0.737 bits per heavy atom. The van der Waals surface area contributed by atoms with Crippen LogP contribution in [0, 0.1) is 11.6 Å². The first-order valence-electron chi connectivity index (χ1n) is 12.4. The van der Waals surface area contributed by atoms with Crippen LogP contribution in [0.1, 0.15) is 27.8 Å². The summed E-state index contributed by atoms with van der Waals surface area (Å²) in [5.41, 5.74) is 8.38. The van der Waals surface area contributed by atoms with Gasteiger partial charge in [-0.3, -0.25) is 0 Å². The predicted molar refractivity (Wildman–Crippen MR) is 156 cm³/mol. The van der Waals surface area contributed by atoms with Crippen molar-refractivity contribution in [1.29, 1.82) is 0 Å². The standard InChI is InChI=1S/C35H23BrF2/c36-35(28-21-29(37)23-30(38)22-28)33(26-17-9-3-10-18-26)31(24-13-5-1-6-14-24)32(25-15-7-2-8-16-25)34(35)27-19-11-4-12-20-27/h1-23H. The fourth-order valence-electron chi connectivity index (χ4n) is 5.44. The first-order valence-corrected chi connectivity index (χ1v) is 13.2. The molecule has 1 aliphatic rings. The van der Waals surface area contributed by atoms with Gasteiger partial charge in [0.2, 0.25) is 0 Å². The molecule has 0 radical (unpaired) electrons. The van der Waals surface area contributed by atoms with Gasteiger partial charge in [0, 0.05) is 6.07 Å². The Bertz CT molecular complexity index is 1540. The van der Waals surface area contributed by atoms with Gasteiger partial charge in [-0.2, -0.15) is 0 Å². The molecule has 6 rings (SSSR count). The summed E-state index contributed by atoms with van der Waals surface area (Å²) in [6.45, 7) is 0. The van der Waals surface area contributed by atoms with E-state index in [1.165, 1.54) is 12.1 Å². The van der Waals surface area contributed by atoms with Crippen LogP contribution in [0.3, 0.4) is 0 Å². The molecule has 0 fully saturated rings. The number of hydrogen-bond acceptors (Lipinski definition) is 0. The van der Waals surface area contributed by atoms with Crippen molar-refractivity contribution in [3.63, 3.8) is 0 Å². The summed E-state index contributed by atoms with van der Waals surface area (Å²) in [6.07, 6.45) is 0. The lowest BCUT2D eigenvalue weighted by Crippen LogP contribution is -2.21. The van der Waals surface area contributed by atoms with Gasteiger partial charge in [0.1, 0.15) is 16.0 Å². The fraction of sp³-hybridized carbons (Fsp3) is 0.0286. The van der Waals surface area contributed by atoms with Crippen molar-refractivity contribution in [2.75, 3.05) is 0 Å². The van der Waals surface area contributed by atoms with E-state index in [2.05, 4.69) is 64.5 Å². The zero-order chi connectivity index (χ0) is 26.1. The van der Waals surface area contributed by atoms with E-state index in [9.17, 15) is 8.78 Å². The van der Waals surface area contributed by atoms with Gasteiger partial charge in [-0.1, -0.05) is 137 Å². The predicted octanol–water partition coefficient (Wildman–Crippen LogP) is 9.79. The van der Waals surface area contributed by atoms with Crippen LogP contribution < -0.4 is 0 Å². The van der Waals surface area contributed by atoms with E-state index < -0.39 is 16.0 Å². The number of benzene rings is 5. The third kappa shape index (κ3) is 4.13. The van der Waals surface area contributed by atoms with E-state index in [4.69, 9.17) is 0 Å². The molecule has 0 heterocycles. The molecule has 5 aromatic carbocycles. The molecular formula is C35H23BrF2. The molecule has 0 spiro atoms. The van der Waals surface area contributed by atoms with Crippen LogP contribution >= 0.6 is 15.9 Å². The smallest absolute Gasteiger partial charge is 0.126 e. The van der Waals surface area contributed by atoms with Crippen LogP contribution in [0.4, 0.5) is 8.78 Å². The lowest BCUT2D eigenvalue weighted by atomic mass is 9.80. The van der Waals surface area contributed by atoms with E-state index in [1.54, 1.807) is 0 Å². The van der Waals surface area contributed by atoms with Gasteiger partial charge in [-0.05, 0) is 62.2 Å². The van der Waals surface area contributed by atoms with Crippen molar-refractivity contribution in [3.8, 4) is 0 Å². The molecule has 0 N–H and O–H groups in total. The first kappa shape index (κ1) is 24.3. The van der Waals surface area contributed by atoms with E-state index in [-0.39, 0.29) is 0 Å². The average molecular weight is 561 g/mol. The van der Waals surface area contributed by atoms with Gasteiger partial charge in [0.25, 0.3) is 0 Å². The number of hydrogen-bond donors (Lipinski definition) is 0. The topological polar surface area (TPSA) is 0 Å². The summed E-state index contributed by atoms with van der Waals surface area (Å²) < 4.78 is 28.7. The normalized spacial score (nSPS) is 14.7. The summed E-state index contributed by atoms with van der Waals surface area (Å²) in [5.74, 6) is -1.24. The summed E-state index contributed by atoms with van der Waals surface area (Å²) in [6, 6.07) is 44.4. The SMILES string of the molecule is Fc1cc(F)cc(C2(Br)C(c3ccccc3)=C(c3ccccc3)C(c3ccccc3)=C2c2ccccc2)c1. The molecule has 0 bridgehead atoms. The number of halogens is 3. The van der Waals surface area contributed by atoms with E-state index in [0.29, 0.717) is 5.56 Å². The average Bonchev–Trinajstić information content (AvgIpc) is 3.24. The zero-order valence-corrected chi connectivity index (χ0v) is 22.0. The molecule has 0 unspecified atom stereocenters. The number of allylic oxidation sites excluding steroid dienone is 4. The molecule has 0 nitrogen and oxygen atoms in total. The summed E-state index contributed by atoms with van der Waals surface area (Å²) in [7, 11) is 0. The van der Waals surface area contributed by atoms with Crippen LogP contribution in [0.25, 0.3) is 22.3 Å². The maximum absolute atomic E-state index is 14.9. The van der Waals surface area contributed by atoms with Gasteiger partial charge < -0.3 is 0 Å². The lowest BCUT2D eigenvalue weighted by Gasteiger charge is -2.32. The third-order valence-electron chi connectivity index (χ3n) is 6.95. The van der Waals surface area contributed by atoms with Gasteiger partial charge in [0.05, 0.1) is 0 Å². The Labute approximate surface area is 229 Å². The molecule has 0 atom stereocenters. The summed E-state index contributed by atoms with van der Waals surface area (Å²) >= 11 is 4.16. The van der Waals surface area contributed by atoms with Crippen LogP contribution in [0.2, 0.25) is 0 Å². The zero-order valence-electron chi connectivity index (χ0n) is 20.4. The van der Waals surface area contributed by atoms with Gasteiger partial charge in [-0.25, -0.2) is 8.78 Å². The van der Waals surface area contributed by atoms with Crippen LogP contribution in [-0.4, -0.2) is 0 Å². The molecule has 38 heavy (non-hydrogen) atoms. The van der Waals surface area contributed by atoms with Gasteiger partial charge in [-0.15, -0.1) is 0 Å². The molecule has 1 aliphatic carbocycles. The number of rotatable bonds is 5. The Morgan fingerprint density at radius 3 is 1.08 bits per heavy atom. The van der Waals surface area contributed by atoms with Crippen molar-refractivity contribution >= 4 is 38.2 Å². The maximum atomic E-state index is 14.9. The second-order valence-electron chi connectivity index (χ2n) is 9.28. The molecule has 0 aromatic heterocycles. The highest BCUT2D eigenvalue weighted by atomic mass is 79.9. The second kappa shape index (κ2) is 10.00. The van der Waals surface area contributed by atoms with Crippen molar-refractivity contribution < 1.29 is 8.78 Å². The van der Waals surface area contributed by atoms with E-state index in [1.807, 2.05) is 72.8 Å². The minimum Gasteiger partial charge on any atom is -0.207 e. The highest BCUT2D eigenvalue weighted by molar-refractivity contribution is 9.10. The van der Waals surface area contributed by atoms with Crippen LogP contribution in [0.5, 0.6) is 0 Å². The molecule has 0 amide bonds. The molecule has 0 aliphatic heterocycles. The van der Waals surface area contributed by atoms with E-state index in [0.717, 1.165) is 50.6 Å². The number of alkyl halides is 1. The first-order chi connectivity index (χ1) is 18.6. The summed E-state index contributed by atoms with van der Waals surface area (Å²) in [5, 5.41) is 0. The molecule has 5 aromatic rings. The van der Waals surface area contributed by atoms with Crippen molar-refractivity contribution in [2.24, 2.45) is 0 Å². The highest BCUT2D eigenvalue weighted by Crippen LogP contribution is 2.65. The second-order valence-corrected chi connectivity index (χ2v) is 10.5. The summed E-state index contributed by atoms with van der Waals surface area (Å²) in [4.78, 5) is 0. The van der Waals surface area contributed by atoms with E-state index >= 15 is 0 Å². The molecule has 3 heteroatoms. The van der Waals surface area contributed by atoms with Crippen molar-refractivity contribution in [3.05, 3.63) is 179 Å². The van der Waals surface area contributed by atoms with Gasteiger partial charge >= 0.3 is 0 Å². The van der Waals surface area contributed by atoms with Crippen molar-refractivity contribution in [2.45, 2.75) is 4.32 Å². The molecule has 184 valence electrons. The minimum atomic E-state index is -1.05. The van der Waals surface area contributed by atoms with Crippen LogP contribution in [0.15, 0.2) is 140 Å². The van der Waals surface area contributed by atoms with Crippen molar-refractivity contribution in [1.82, 2.24) is 0 Å². The fourth-order valence-corrected chi connectivity index (χ4v) is 6.53. The largest absolute Gasteiger partial charge is 0.207 e. The Hall–Kier alpha value is -4.08. The minimum absolute atomic E-state index is 0.493.